The molecule has 1 aromatic carbocycles. The van der Waals surface area contributed by atoms with Crippen LogP contribution in [0.3, 0.4) is 0 Å². The van der Waals surface area contributed by atoms with E-state index in [0.717, 1.165) is 37.1 Å². The maximum absolute atomic E-state index is 13.3. The molecule has 2 heterocycles. The van der Waals surface area contributed by atoms with E-state index in [9.17, 15) is 9.59 Å². The van der Waals surface area contributed by atoms with E-state index in [0.29, 0.717) is 30.8 Å². The van der Waals surface area contributed by atoms with Gasteiger partial charge in [0.1, 0.15) is 5.70 Å². The van der Waals surface area contributed by atoms with Crippen LogP contribution in [0.1, 0.15) is 56.2 Å². The summed E-state index contributed by atoms with van der Waals surface area (Å²) in [6.07, 6.45) is 4.11. The van der Waals surface area contributed by atoms with Crippen molar-refractivity contribution in [1.82, 2.24) is 9.80 Å². The minimum Gasteiger partial charge on any atom is -0.379 e. The first-order valence-electron chi connectivity index (χ1n) is 10.4. The van der Waals surface area contributed by atoms with E-state index < -0.39 is 0 Å². The molecule has 0 bridgehead atoms. The number of carbonyl (C=O) groups is 2. The van der Waals surface area contributed by atoms with E-state index in [-0.39, 0.29) is 17.9 Å². The van der Waals surface area contributed by atoms with Crippen molar-refractivity contribution in [3.05, 3.63) is 40.6 Å². The zero-order chi connectivity index (χ0) is 20.3. The van der Waals surface area contributed by atoms with Crippen molar-refractivity contribution in [2.24, 2.45) is 0 Å². The van der Waals surface area contributed by atoms with Crippen LogP contribution in [0.25, 0.3) is 5.57 Å². The first-order chi connectivity index (χ1) is 13.4. The van der Waals surface area contributed by atoms with Crippen molar-refractivity contribution >= 4 is 17.4 Å². The van der Waals surface area contributed by atoms with Gasteiger partial charge in [0.15, 0.2) is 0 Å². The van der Waals surface area contributed by atoms with Crippen LogP contribution in [0.4, 0.5) is 0 Å². The second-order valence-electron chi connectivity index (χ2n) is 8.11. The van der Waals surface area contributed by atoms with E-state index in [1.807, 2.05) is 39.0 Å². The van der Waals surface area contributed by atoms with Crippen LogP contribution in [-0.4, -0.2) is 54.0 Å². The van der Waals surface area contributed by atoms with Gasteiger partial charge in [-0.2, -0.15) is 0 Å². The number of imide groups is 1. The Morgan fingerprint density at radius 3 is 2.36 bits per heavy atom. The number of piperidine rings is 1. The van der Waals surface area contributed by atoms with Crippen LogP contribution in [0.15, 0.2) is 23.9 Å². The van der Waals surface area contributed by atoms with Crippen LogP contribution in [0.5, 0.6) is 0 Å². The van der Waals surface area contributed by atoms with Gasteiger partial charge in [-0.05, 0) is 70.1 Å². The Morgan fingerprint density at radius 2 is 1.71 bits per heavy atom. The lowest BCUT2D eigenvalue weighted by Crippen LogP contribution is -2.38. The summed E-state index contributed by atoms with van der Waals surface area (Å²) in [5, 5.41) is 0. The van der Waals surface area contributed by atoms with Crippen LogP contribution in [0.2, 0.25) is 0 Å². The largest absolute Gasteiger partial charge is 0.379 e. The van der Waals surface area contributed by atoms with Crippen molar-refractivity contribution in [2.45, 2.75) is 59.5 Å². The number of hydrogen-bond acceptors (Lipinski definition) is 4. The fraction of sp³-hybridized carbons (Fsp3) is 0.565. The first-order valence-corrected chi connectivity index (χ1v) is 10.4. The second-order valence-corrected chi connectivity index (χ2v) is 8.11. The monoisotopic (exact) mass is 384 g/mol. The van der Waals surface area contributed by atoms with Gasteiger partial charge < -0.3 is 9.64 Å². The Kier molecular flexibility index (Phi) is 6.55. The van der Waals surface area contributed by atoms with E-state index in [2.05, 4.69) is 11.8 Å². The smallest absolute Gasteiger partial charge is 0.277 e. The van der Waals surface area contributed by atoms with Crippen molar-refractivity contribution in [1.29, 1.82) is 0 Å². The van der Waals surface area contributed by atoms with Crippen LogP contribution in [-0.2, 0) is 14.3 Å². The van der Waals surface area contributed by atoms with E-state index in [4.69, 9.17) is 4.74 Å². The Morgan fingerprint density at radius 1 is 1.00 bits per heavy atom. The van der Waals surface area contributed by atoms with Gasteiger partial charge in [-0.25, -0.2) is 0 Å². The number of aryl methyl sites for hydroxylation is 2. The molecule has 2 amide bonds. The molecule has 5 nitrogen and oxygen atoms in total. The van der Waals surface area contributed by atoms with Crippen LogP contribution >= 0.6 is 0 Å². The minimum absolute atomic E-state index is 0.148. The highest BCUT2D eigenvalue weighted by Crippen LogP contribution is 2.33. The molecule has 152 valence electrons. The third kappa shape index (κ3) is 4.30. The molecule has 0 aliphatic carbocycles. The number of likely N-dealkylation sites (tertiary alicyclic amines) is 1. The van der Waals surface area contributed by atoms with Gasteiger partial charge in [-0.15, -0.1) is 0 Å². The summed E-state index contributed by atoms with van der Waals surface area (Å²) >= 11 is 0. The lowest BCUT2D eigenvalue weighted by atomic mass is 9.98. The molecule has 5 heteroatoms. The van der Waals surface area contributed by atoms with Gasteiger partial charge in [0, 0.05) is 26.2 Å². The SMILES string of the molecule is Cc1ccc(C2=C(N3CCCCC3)C(=O)N(CCCOC(C)C)C2=O)cc1C. The van der Waals surface area contributed by atoms with E-state index >= 15 is 0 Å². The van der Waals surface area contributed by atoms with Crippen molar-refractivity contribution < 1.29 is 14.3 Å². The molecule has 1 saturated heterocycles. The highest BCUT2D eigenvalue weighted by molar-refractivity contribution is 6.35. The highest BCUT2D eigenvalue weighted by atomic mass is 16.5. The number of hydrogen-bond donors (Lipinski definition) is 0. The minimum atomic E-state index is -0.168. The molecule has 0 N–H and O–H groups in total. The van der Waals surface area contributed by atoms with E-state index in [1.165, 1.54) is 16.9 Å². The zero-order valence-electron chi connectivity index (χ0n) is 17.6. The number of amides is 2. The van der Waals surface area contributed by atoms with Crippen LogP contribution in [0, 0.1) is 13.8 Å². The summed E-state index contributed by atoms with van der Waals surface area (Å²) in [7, 11) is 0. The summed E-state index contributed by atoms with van der Waals surface area (Å²) < 4.78 is 5.58. The quantitative estimate of drug-likeness (QED) is 0.531. The Hall–Kier alpha value is -2.14. The molecule has 3 rings (SSSR count). The number of nitrogens with zero attached hydrogens (tertiary/aromatic N) is 2. The zero-order valence-corrected chi connectivity index (χ0v) is 17.6. The Labute approximate surface area is 168 Å². The van der Waals surface area contributed by atoms with Gasteiger partial charge in [0.05, 0.1) is 11.7 Å². The molecule has 28 heavy (non-hydrogen) atoms. The maximum atomic E-state index is 13.3. The lowest BCUT2D eigenvalue weighted by Gasteiger charge is -2.29. The third-order valence-electron chi connectivity index (χ3n) is 5.59. The molecular weight excluding hydrogens is 352 g/mol. The summed E-state index contributed by atoms with van der Waals surface area (Å²) in [4.78, 5) is 30.1. The Bertz CT molecular complexity index is 776. The molecule has 0 aromatic heterocycles. The summed E-state index contributed by atoms with van der Waals surface area (Å²) in [5.41, 5.74) is 4.33. The predicted octanol–water partition coefficient (Wildman–Crippen LogP) is 3.68. The number of ether oxygens (including phenoxy) is 1. The van der Waals surface area contributed by atoms with Crippen molar-refractivity contribution in [2.75, 3.05) is 26.2 Å². The second kappa shape index (κ2) is 8.91. The Balaban J connectivity index is 1.90. The molecule has 0 unspecified atom stereocenters. The average Bonchev–Trinajstić information content (AvgIpc) is 2.92. The van der Waals surface area contributed by atoms with Crippen molar-refractivity contribution in [3.63, 3.8) is 0 Å². The molecule has 2 aliphatic heterocycles. The fourth-order valence-corrected chi connectivity index (χ4v) is 3.88. The summed E-state index contributed by atoms with van der Waals surface area (Å²) in [6.45, 7) is 10.7. The first kappa shape index (κ1) is 20.6. The van der Waals surface area contributed by atoms with Gasteiger partial charge in [-0.1, -0.05) is 18.2 Å². The summed E-state index contributed by atoms with van der Waals surface area (Å²) in [5.74, 6) is -0.317. The molecule has 2 aliphatic rings. The van der Waals surface area contributed by atoms with Crippen LogP contribution < -0.4 is 0 Å². The van der Waals surface area contributed by atoms with Gasteiger partial charge in [-0.3, -0.25) is 14.5 Å². The van der Waals surface area contributed by atoms with Gasteiger partial charge >= 0.3 is 0 Å². The van der Waals surface area contributed by atoms with E-state index in [1.54, 1.807) is 0 Å². The average molecular weight is 385 g/mol. The van der Waals surface area contributed by atoms with Crippen molar-refractivity contribution in [3.8, 4) is 0 Å². The number of rotatable bonds is 7. The third-order valence-corrected chi connectivity index (χ3v) is 5.59. The molecule has 1 fully saturated rings. The molecular formula is C23H32N2O3. The number of carbonyl (C=O) groups excluding carboxylic acids is 2. The summed E-state index contributed by atoms with van der Waals surface area (Å²) in [6, 6.07) is 6.03. The van der Waals surface area contributed by atoms with Gasteiger partial charge in [0.25, 0.3) is 11.8 Å². The molecule has 0 atom stereocenters. The normalized spacial score (nSPS) is 18.0. The number of benzene rings is 1. The molecule has 0 saturated carbocycles. The fourth-order valence-electron chi connectivity index (χ4n) is 3.88. The van der Waals surface area contributed by atoms with Gasteiger partial charge in [0.2, 0.25) is 0 Å². The maximum Gasteiger partial charge on any atom is 0.277 e. The lowest BCUT2D eigenvalue weighted by molar-refractivity contribution is -0.137. The molecule has 1 aromatic rings. The molecule has 0 radical (unpaired) electrons. The predicted molar refractivity (Wildman–Crippen MR) is 111 cm³/mol. The highest BCUT2D eigenvalue weighted by Gasteiger charge is 2.41. The molecule has 0 spiro atoms. The standard InChI is InChI=1S/C23H32N2O3/c1-16(2)28-14-8-13-25-22(26)20(19-10-9-17(3)18(4)15-19)21(23(25)27)24-11-6-5-7-12-24/h9-10,15-16H,5-8,11-14H2,1-4H3. The topological polar surface area (TPSA) is 49.9 Å².